The summed E-state index contributed by atoms with van der Waals surface area (Å²) in [5.41, 5.74) is 5.91. The zero-order chi connectivity index (χ0) is 15.8. The molecule has 1 heterocycles. The van der Waals surface area contributed by atoms with Crippen LogP contribution in [0.15, 0.2) is 34.7 Å². The molecule has 0 saturated carbocycles. The predicted octanol–water partition coefficient (Wildman–Crippen LogP) is 3.97. The van der Waals surface area contributed by atoms with Crippen LogP contribution in [0.25, 0.3) is 0 Å². The van der Waals surface area contributed by atoms with Gasteiger partial charge in [0.05, 0.1) is 11.9 Å². The largest absolute Gasteiger partial charge is 0.349 e. The highest BCUT2D eigenvalue weighted by Gasteiger charge is 2.10. The first kappa shape index (κ1) is 16.6. The summed E-state index contributed by atoms with van der Waals surface area (Å²) < 4.78 is 11.1. The summed E-state index contributed by atoms with van der Waals surface area (Å²) in [4.78, 5) is 4.28. The third kappa shape index (κ3) is 4.91. The maximum absolute atomic E-state index is 5.57. The van der Waals surface area contributed by atoms with Crippen LogP contribution in [0.4, 0.5) is 5.13 Å². The summed E-state index contributed by atoms with van der Waals surface area (Å²) in [7, 11) is 0. The van der Waals surface area contributed by atoms with E-state index >= 15 is 0 Å². The maximum Gasteiger partial charge on any atom is 0.203 e. The van der Waals surface area contributed by atoms with E-state index in [1.165, 1.54) is 11.3 Å². The summed E-state index contributed by atoms with van der Waals surface area (Å²) in [6.45, 7) is 7.10. The first-order chi connectivity index (χ1) is 10.7. The van der Waals surface area contributed by atoms with Crippen molar-refractivity contribution in [3.63, 3.8) is 0 Å². The average Bonchev–Trinajstić information content (AvgIpc) is 2.93. The van der Waals surface area contributed by atoms with Crippen molar-refractivity contribution in [1.82, 2.24) is 4.98 Å². The third-order valence-electron chi connectivity index (χ3n) is 2.84. The van der Waals surface area contributed by atoms with Crippen LogP contribution in [-0.2, 0) is 9.47 Å². The van der Waals surface area contributed by atoms with Gasteiger partial charge in [-0.05, 0) is 26.3 Å². The van der Waals surface area contributed by atoms with Gasteiger partial charge in [-0.25, -0.2) is 4.98 Å². The van der Waals surface area contributed by atoms with Gasteiger partial charge in [-0.1, -0.05) is 24.3 Å². The van der Waals surface area contributed by atoms with Crippen LogP contribution in [0.2, 0.25) is 0 Å². The van der Waals surface area contributed by atoms with Crippen molar-refractivity contribution in [3.05, 3.63) is 46.5 Å². The number of nitrogens with one attached hydrogen (secondary N) is 1. The van der Waals surface area contributed by atoms with Gasteiger partial charge in [-0.2, -0.15) is 5.10 Å². The molecule has 1 aromatic heterocycles. The molecule has 0 aliphatic heterocycles. The van der Waals surface area contributed by atoms with Crippen molar-refractivity contribution in [3.8, 4) is 0 Å². The second-order valence-corrected chi connectivity index (χ2v) is 5.43. The number of anilines is 1. The molecule has 0 aliphatic rings. The molecule has 118 valence electrons. The first-order valence-electron chi connectivity index (χ1n) is 7.27. The van der Waals surface area contributed by atoms with Gasteiger partial charge in [-0.15, -0.1) is 11.3 Å². The molecule has 0 spiro atoms. The lowest BCUT2D eigenvalue weighted by Crippen LogP contribution is -2.08. The summed E-state index contributed by atoms with van der Waals surface area (Å²) in [5.74, 6) is 0. The highest BCUT2D eigenvalue weighted by molar-refractivity contribution is 7.13. The number of benzene rings is 1. The molecule has 0 saturated heterocycles. The van der Waals surface area contributed by atoms with Crippen LogP contribution in [0.3, 0.4) is 0 Å². The molecule has 1 N–H and O–H groups in total. The van der Waals surface area contributed by atoms with E-state index in [-0.39, 0.29) is 6.29 Å². The summed E-state index contributed by atoms with van der Waals surface area (Å²) >= 11 is 1.53. The van der Waals surface area contributed by atoms with E-state index in [9.17, 15) is 0 Å². The molecule has 2 aromatic rings. The van der Waals surface area contributed by atoms with Crippen LogP contribution in [0.1, 0.15) is 37.0 Å². The topological polar surface area (TPSA) is 55.7 Å². The van der Waals surface area contributed by atoms with Gasteiger partial charge >= 0.3 is 0 Å². The maximum atomic E-state index is 5.57. The Morgan fingerprint density at radius 1 is 1.23 bits per heavy atom. The van der Waals surface area contributed by atoms with Crippen molar-refractivity contribution in [2.45, 2.75) is 27.1 Å². The number of aryl methyl sites for hydroxylation is 1. The number of nitrogens with zero attached hydrogens (tertiary/aromatic N) is 2. The molecular weight excluding hydrogens is 298 g/mol. The zero-order valence-corrected chi connectivity index (χ0v) is 13.9. The Morgan fingerprint density at radius 2 is 1.91 bits per heavy atom. The van der Waals surface area contributed by atoms with Crippen molar-refractivity contribution in [2.75, 3.05) is 18.6 Å². The fourth-order valence-corrected chi connectivity index (χ4v) is 2.49. The number of hydrogen-bond acceptors (Lipinski definition) is 6. The fraction of sp³-hybridized carbons (Fsp3) is 0.375. The highest BCUT2D eigenvalue weighted by Crippen LogP contribution is 2.19. The van der Waals surface area contributed by atoms with Gasteiger partial charge < -0.3 is 9.47 Å². The molecule has 0 bridgehead atoms. The molecule has 5 nitrogen and oxygen atoms in total. The Morgan fingerprint density at radius 3 is 2.45 bits per heavy atom. The summed E-state index contributed by atoms with van der Waals surface area (Å²) in [6, 6.07) is 7.95. The molecule has 0 unspecified atom stereocenters. The molecule has 1 aromatic carbocycles. The van der Waals surface area contributed by atoms with Crippen LogP contribution in [-0.4, -0.2) is 24.4 Å². The van der Waals surface area contributed by atoms with Crippen molar-refractivity contribution < 1.29 is 9.47 Å². The van der Waals surface area contributed by atoms with E-state index in [1.54, 1.807) is 6.21 Å². The lowest BCUT2D eigenvalue weighted by Gasteiger charge is -2.17. The lowest BCUT2D eigenvalue weighted by atomic mass is 10.1. The minimum absolute atomic E-state index is 0.308. The fourth-order valence-electron chi connectivity index (χ4n) is 1.85. The van der Waals surface area contributed by atoms with Crippen LogP contribution in [0, 0.1) is 6.92 Å². The molecule has 0 atom stereocenters. The lowest BCUT2D eigenvalue weighted by molar-refractivity contribution is -0.140. The van der Waals surface area contributed by atoms with Gasteiger partial charge in [0.2, 0.25) is 5.13 Å². The van der Waals surface area contributed by atoms with E-state index in [4.69, 9.17) is 9.47 Å². The summed E-state index contributed by atoms with van der Waals surface area (Å²) in [5, 5.41) is 6.95. The molecular formula is C16H21N3O2S. The molecule has 6 heteroatoms. The average molecular weight is 319 g/mol. The second-order valence-electron chi connectivity index (χ2n) is 4.57. The third-order valence-corrected chi connectivity index (χ3v) is 3.70. The minimum Gasteiger partial charge on any atom is -0.349 e. The number of thiazole rings is 1. The second kappa shape index (κ2) is 8.63. The van der Waals surface area contributed by atoms with Crippen molar-refractivity contribution >= 4 is 22.7 Å². The van der Waals surface area contributed by atoms with Crippen LogP contribution in [0.5, 0.6) is 0 Å². The monoisotopic (exact) mass is 319 g/mol. The minimum atomic E-state index is -0.308. The number of ether oxygens (including phenoxy) is 2. The molecule has 0 aliphatic carbocycles. The smallest absolute Gasteiger partial charge is 0.203 e. The van der Waals surface area contributed by atoms with Gasteiger partial charge in [0.15, 0.2) is 6.29 Å². The normalized spacial score (nSPS) is 11.5. The van der Waals surface area contributed by atoms with Crippen molar-refractivity contribution in [1.29, 1.82) is 0 Å². The van der Waals surface area contributed by atoms with E-state index in [1.807, 2.05) is 50.4 Å². The van der Waals surface area contributed by atoms with Gasteiger partial charge in [-0.3, -0.25) is 5.43 Å². The van der Waals surface area contributed by atoms with E-state index < -0.39 is 0 Å². The SMILES string of the molecule is CCOC(OCC)c1ccc(C=NNc2nc(C)cs2)cc1. The molecule has 22 heavy (non-hydrogen) atoms. The summed E-state index contributed by atoms with van der Waals surface area (Å²) in [6.07, 6.45) is 1.45. The molecule has 0 amide bonds. The number of hydrogen-bond donors (Lipinski definition) is 1. The predicted molar refractivity (Wildman–Crippen MR) is 90.5 cm³/mol. The van der Waals surface area contributed by atoms with Gasteiger partial charge in [0, 0.05) is 24.2 Å². The molecule has 0 fully saturated rings. The first-order valence-corrected chi connectivity index (χ1v) is 8.15. The van der Waals surface area contributed by atoms with E-state index in [0.29, 0.717) is 13.2 Å². The Hall–Kier alpha value is -1.76. The van der Waals surface area contributed by atoms with E-state index in [0.717, 1.165) is 22.0 Å². The molecule has 0 radical (unpaired) electrons. The number of rotatable bonds is 8. The van der Waals surface area contributed by atoms with Crippen LogP contribution >= 0.6 is 11.3 Å². The van der Waals surface area contributed by atoms with E-state index in [2.05, 4.69) is 15.5 Å². The number of hydrazone groups is 1. The Bertz CT molecular complexity index is 590. The molecule has 2 rings (SSSR count). The highest BCUT2D eigenvalue weighted by atomic mass is 32.1. The van der Waals surface area contributed by atoms with Crippen LogP contribution < -0.4 is 5.43 Å². The quantitative estimate of drug-likeness (QED) is 0.454. The Kier molecular flexibility index (Phi) is 6.51. The number of aromatic nitrogens is 1. The Balaban J connectivity index is 1.95. The van der Waals surface area contributed by atoms with Gasteiger partial charge in [0.25, 0.3) is 0 Å². The Labute approximate surface area is 135 Å². The zero-order valence-electron chi connectivity index (χ0n) is 13.1. The van der Waals surface area contributed by atoms with Gasteiger partial charge in [0.1, 0.15) is 0 Å². The standard InChI is InChI=1S/C16H21N3O2S/c1-4-20-15(21-5-2)14-8-6-13(7-9-14)10-17-19-16-18-12(3)11-22-16/h6-11,15H,4-5H2,1-3H3,(H,18,19). The van der Waals surface area contributed by atoms with Crippen molar-refractivity contribution in [2.24, 2.45) is 5.10 Å².